The van der Waals surface area contributed by atoms with Gasteiger partial charge in [0.15, 0.2) is 0 Å². The number of fused-ring (bicyclic) bond motifs is 3. The van der Waals surface area contributed by atoms with Crippen LogP contribution in [-0.2, 0) is 32.5 Å². The fourth-order valence-electron chi connectivity index (χ4n) is 13.0. The number of aliphatic imine (C=N–C) groups is 1. The van der Waals surface area contributed by atoms with Crippen LogP contribution < -0.4 is 86.5 Å². The molecule has 3 aliphatic heterocycles. The van der Waals surface area contributed by atoms with Crippen LogP contribution in [0.3, 0.4) is 0 Å². The highest BCUT2D eigenvalue weighted by Gasteiger charge is 2.26. The van der Waals surface area contributed by atoms with Gasteiger partial charge in [-0.05, 0) is 136 Å². The smallest absolute Gasteiger partial charge is 0.409 e. The zero-order valence-corrected chi connectivity index (χ0v) is 78.4. The largest absolute Gasteiger partial charge is 0.496 e. The van der Waals surface area contributed by atoms with E-state index in [-0.39, 0.29) is 52.1 Å². The minimum absolute atomic E-state index is 0.0261. The first kappa shape index (κ1) is 104. The summed E-state index contributed by atoms with van der Waals surface area (Å²) in [6.45, 7) is 27.2. The fraction of sp³-hybridized carbons (Fsp3) is 0.310. The van der Waals surface area contributed by atoms with Gasteiger partial charge in [0.2, 0.25) is 0 Å². The summed E-state index contributed by atoms with van der Waals surface area (Å²) in [6.07, 6.45) is 11.9. The van der Waals surface area contributed by atoms with Gasteiger partial charge in [-0.1, -0.05) is 111 Å². The van der Waals surface area contributed by atoms with Crippen molar-refractivity contribution in [2.24, 2.45) is 33.3 Å². The molecular weight excluding hydrogens is 1720 g/mol. The van der Waals surface area contributed by atoms with Crippen LogP contribution in [0.5, 0.6) is 80.5 Å². The molecule has 33 heteroatoms. The number of esters is 1. The standard InChI is InChI=1S/C27H29N5O5.C26H22N2O6.C18H17N3O4.C8H14N2.C7H5ClO2.C6H15N.2C4H8O/c1-27(2,3)23-14-24(28)32(31-23)25(33)10-15-6-7-16(11-21(15)35-4)37-20-8-9-30-19-13-22(36-5)18(26(29)34)12-17(19)20;1-31-23-13-18(9-8-16(23)12-25(29)34-17-6-4-3-5-7-17)33-22-10-11-28-21-15-24(32-2)20(26(27)30)14-19(21)22;1-23-16-9-14-11(8-12(16)18(20)22)15(5-6-21-14)25-10-3-4-13(19)17(7-10)24-2;1-8(2,3)7-4-6(9)5-10-7;8-7(9)10-6-4-2-1-3-5-6;1-4-7(5-2)6-3;2*1-2-4-5-3-1/h6-9,11-14H,10,28H2,1-5H3,(H2,29,34);3-11,13-15H,12H2,1-2H3,(H2,27,30);3-9H,19H2,1-2H3,(H2,20,22);4H,5,9H2,1-3H3;1-5H;4-6H2,1-3H3;2*1-4H2. The molecule has 2 saturated heterocycles. The summed E-state index contributed by atoms with van der Waals surface area (Å²) in [5.41, 5.74) is 39.9. The Kier molecular flexibility index (Phi) is 39.9. The molecule has 8 aromatic carbocycles. The van der Waals surface area contributed by atoms with E-state index in [4.69, 9.17) is 103 Å². The third kappa shape index (κ3) is 31.3. The highest BCUT2D eigenvalue weighted by Crippen LogP contribution is 2.40. The number of para-hydroxylation sites is 2. The summed E-state index contributed by atoms with van der Waals surface area (Å²) < 4.78 is 71.0. The molecule has 0 radical (unpaired) electrons. The number of nitrogens with two attached hydrogens (primary N) is 6. The lowest BCUT2D eigenvalue weighted by atomic mass is 9.90. The average molecular weight is 1840 g/mol. The van der Waals surface area contributed by atoms with Gasteiger partial charge in [-0.3, -0.25) is 43.9 Å². The van der Waals surface area contributed by atoms with E-state index in [1.165, 1.54) is 92.7 Å². The van der Waals surface area contributed by atoms with Crippen molar-refractivity contribution in [3.8, 4) is 80.5 Å². The van der Waals surface area contributed by atoms with Crippen molar-refractivity contribution in [3.05, 3.63) is 240 Å². The number of ether oxygens (including phenoxy) is 13. The Hall–Kier alpha value is -14.6. The average Bonchev–Trinajstić information content (AvgIpc) is 1.71. The monoisotopic (exact) mass is 1840 g/mol. The zero-order chi connectivity index (χ0) is 96.9. The van der Waals surface area contributed by atoms with Crippen molar-refractivity contribution < 1.29 is 90.3 Å². The summed E-state index contributed by atoms with van der Waals surface area (Å²) in [4.78, 5) is 90.5. The molecule has 0 bridgehead atoms. The molecule has 15 rings (SSSR count). The van der Waals surface area contributed by atoms with Gasteiger partial charge in [-0.25, -0.2) is 4.79 Å². The molecular formula is C100H118ClN13O19. The molecule has 0 aliphatic carbocycles. The summed E-state index contributed by atoms with van der Waals surface area (Å²) >= 11 is 4.95. The summed E-state index contributed by atoms with van der Waals surface area (Å²) in [6, 6.07) is 49.3. The second kappa shape index (κ2) is 51.1. The molecule has 12 aromatic rings. The number of carbonyl (C=O) groups is 6. The zero-order valence-electron chi connectivity index (χ0n) is 77.7. The Morgan fingerprint density at radius 2 is 0.805 bits per heavy atom. The second-order valence-corrected chi connectivity index (χ2v) is 31.9. The second-order valence-electron chi connectivity index (χ2n) is 31.6. The number of allylic oxidation sites excluding steroid dienone is 1. The van der Waals surface area contributed by atoms with E-state index >= 15 is 0 Å². The molecule has 2 fully saturated rings. The molecule has 704 valence electrons. The molecule has 0 saturated carbocycles. The van der Waals surface area contributed by atoms with Gasteiger partial charge >= 0.3 is 11.4 Å². The van der Waals surface area contributed by atoms with E-state index in [9.17, 15) is 28.8 Å². The Bertz CT molecular complexity index is 5960. The molecule has 0 spiro atoms. The molecule has 12 N–H and O–H groups in total. The number of hydrogen-bond acceptors (Lipinski definition) is 28. The van der Waals surface area contributed by atoms with E-state index in [0.717, 1.165) is 43.5 Å². The molecule has 133 heavy (non-hydrogen) atoms. The van der Waals surface area contributed by atoms with Crippen molar-refractivity contribution >= 4 is 96.6 Å². The van der Waals surface area contributed by atoms with Crippen LogP contribution in [0.1, 0.15) is 141 Å². The predicted octanol–water partition coefficient (Wildman–Crippen LogP) is 17.8. The van der Waals surface area contributed by atoms with Gasteiger partial charge < -0.3 is 101 Å². The van der Waals surface area contributed by atoms with E-state index < -0.39 is 29.1 Å². The van der Waals surface area contributed by atoms with Gasteiger partial charge in [0, 0.05) is 149 Å². The first-order valence-corrected chi connectivity index (χ1v) is 43.1. The van der Waals surface area contributed by atoms with Gasteiger partial charge in [0.25, 0.3) is 23.6 Å². The molecule has 0 unspecified atom stereocenters. The van der Waals surface area contributed by atoms with E-state index in [2.05, 4.69) is 76.2 Å². The van der Waals surface area contributed by atoms with Crippen molar-refractivity contribution in [2.75, 3.05) is 107 Å². The number of carbonyl (C=O) groups excluding carboxylic acids is 6. The SMILES string of the molecule is C1CCOC1.C1CCOC1.CC(C)(C)C1=NCC(N)=C1.CCN(CC)CC.COc1cc(Oc2ccnc3cc(OC)c(C(N)=O)cc23)ccc1CC(=O)Oc1ccccc1.COc1cc(Oc2ccnc3cc(OC)c(C(N)=O)cc23)ccc1CC(=O)n1nc(C(C)(C)C)cc1N.COc1cc(Oc2ccnc3cc(OC)c(C(N)=O)cc23)ccc1N.O=C(Cl)Oc1ccccc1. The highest BCUT2D eigenvalue weighted by molar-refractivity contribution is 6.61. The maximum Gasteiger partial charge on any atom is 0.409 e. The molecule has 7 heterocycles. The first-order valence-electron chi connectivity index (χ1n) is 42.7. The maximum absolute atomic E-state index is 13.0. The number of primary amides is 3. The van der Waals surface area contributed by atoms with Gasteiger partial charge in [-0.2, -0.15) is 9.78 Å². The summed E-state index contributed by atoms with van der Waals surface area (Å²) in [7, 11) is 8.93. The predicted molar refractivity (Wildman–Crippen MR) is 515 cm³/mol. The number of amides is 3. The van der Waals surface area contributed by atoms with Crippen molar-refractivity contribution in [1.82, 2.24) is 29.6 Å². The Morgan fingerprint density at radius 1 is 0.429 bits per heavy atom. The first-order chi connectivity index (χ1) is 63.6. The molecule has 3 aliphatic rings. The number of methoxy groups -OCH3 is 6. The van der Waals surface area contributed by atoms with Crippen molar-refractivity contribution in [3.63, 3.8) is 0 Å². The maximum atomic E-state index is 13.0. The number of rotatable bonds is 24. The summed E-state index contributed by atoms with van der Waals surface area (Å²) in [5, 5.41) is 6.20. The van der Waals surface area contributed by atoms with E-state index in [1.807, 2.05) is 39.0 Å². The van der Waals surface area contributed by atoms with Crippen LogP contribution in [-0.4, -0.2) is 166 Å². The van der Waals surface area contributed by atoms with Crippen LogP contribution in [0.25, 0.3) is 32.7 Å². The van der Waals surface area contributed by atoms with Crippen LogP contribution in [0.15, 0.2) is 211 Å². The summed E-state index contributed by atoms with van der Waals surface area (Å²) in [5.74, 6) is 4.05. The lowest BCUT2D eigenvalue weighted by Crippen LogP contribution is -2.21. The Labute approximate surface area is 779 Å². The number of aromatic nitrogens is 5. The van der Waals surface area contributed by atoms with Gasteiger partial charge in [0.1, 0.15) is 86.3 Å². The highest BCUT2D eigenvalue weighted by atomic mass is 35.5. The number of pyridine rings is 3. The minimum Gasteiger partial charge on any atom is -0.496 e. The number of benzene rings is 8. The Balaban J connectivity index is 0.000000207. The van der Waals surface area contributed by atoms with Crippen molar-refractivity contribution in [1.29, 1.82) is 0 Å². The number of anilines is 2. The van der Waals surface area contributed by atoms with Crippen LogP contribution in [0.4, 0.5) is 16.3 Å². The quantitative estimate of drug-likeness (QED) is 0.0142. The molecule has 32 nitrogen and oxygen atoms in total. The van der Waals surface area contributed by atoms with E-state index in [0.29, 0.717) is 137 Å². The van der Waals surface area contributed by atoms with E-state index in [1.54, 1.807) is 182 Å². The lowest BCUT2D eigenvalue weighted by molar-refractivity contribution is -0.133. The minimum atomic E-state index is -0.814. The third-order valence-electron chi connectivity index (χ3n) is 20.1. The molecule has 4 aromatic heterocycles. The number of nitrogen functional groups attached to an aromatic ring is 2. The number of hydrogen-bond donors (Lipinski definition) is 6. The van der Waals surface area contributed by atoms with Crippen LogP contribution in [0, 0.1) is 5.41 Å². The topological polar surface area (TPSA) is 451 Å². The fourth-order valence-corrected chi connectivity index (χ4v) is 13.1. The van der Waals surface area contributed by atoms with Crippen molar-refractivity contribution in [2.45, 2.75) is 106 Å². The van der Waals surface area contributed by atoms with Crippen LogP contribution >= 0.6 is 11.6 Å². The number of nitrogens with zero attached hydrogens (tertiary/aromatic N) is 7. The number of halogens is 1. The lowest BCUT2D eigenvalue weighted by Gasteiger charge is -2.15. The van der Waals surface area contributed by atoms with Gasteiger partial charge in [-0.15, -0.1) is 0 Å². The third-order valence-corrected chi connectivity index (χ3v) is 20.2. The Morgan fingerprint density at radius 3 is 1.11 bits per heavy atom. The van der Waals surface area contributed by atoms with Gasteiger partial charge in [0.05, 0.1) is 107 Å². The van der Waals surface area contributed by atoms with Crippen LogP contribution in [0.2, 0.25) is 0 Å². The molecule has 0 atom stereocenters. The molecule has 3 amide bonds. The normalized spacial score (nSPS) is 12.2.